The van der Waals surface area contributed by atoms with Crippen LogP contribution in [0.1, 0.15) is 12.8 Å². The zero-order chi connectivity index (χ0) is 12.4. The van der Waals surface area contributed by atoms with E-state index in [0.717, 1.165) is 19.4 Å². The summed E-state index contributed by atoms with van der Waals surface area (Å²) in [5, 5.41) is 12.3. The number of rotatable bonds is 4. The lowest BCUT2D eigenvalue weighted by atomic mass is 9.82. The van der Waals surface area contributed by atoms with Crippen molar-refractivity contribution in [3.63, 3.8) is 0 Å². The minimum atomic E-state index is -0.136. The van der Waals surface area contributed by atoms with Crippen LogP contribution >= 0.6 is 11.6 Å². The van der Waals surface area contributed by atoms with Crippen LogP contribution in [0.15, 0.2) is 0 Å². The van der Waals surface area contributed by atoms with Crippen molar-refractivity contribution in [3.8, 4) is 0 Å². The van der Waals surface area contributed by atoms with E-state index in [1.165, 1.54) is 0 Å². The van der Waals surface area contributed by atoms with Crippen molar-refractivity contribution in [3.05, 3.63) is 5.28 Å². The van der Waals surface area contributed by atoms with Crippen LogP contribution in [-0.4, -0.2) is 46.8 Å². The second kappa shape index (κ2) is 5.01. The molecule has 0 atom stereocenters. The standard InChI is InChI=1S/C10H16ClN5O/c1-12-9-13-8(11)14-10(15-9)16(2)5-6-3-7(17)4-6/h6-7,17H,3-5H2,1-2H3,(H,12,13,14,15). The molecule has 94 valence electrons. The highest BCUT2D eigenvalue weighted by Gasteiger charge is 2.28. The normalized spacial score (nSPS) is 23.1. The van der Waals surface area contributed by atoms with Gasteiger partial charge in [-0.1, -0.05) is 0 Å². The quantitative estimate of drug-likeness (QED) is 0.830. The number of nitrogens with one attached hydrogen (secondary N) is 1. The van der Waals surface area contributed by atoms with Gasteiger partial charge in [0.1, 0.15) is 0 Å². The molecule has 0 spiro atoms. The van der Waals surface area contributed by atoms with Crippen LogP contribution in [0, 0.1) is 5.92 Å². The topological polar surface area (TPSA) is 74.2 Å². The van der Waals surface area contributed by atoms with Gasteiger partial charge in [-0.05, 0) is 30.4 Å². The van der Waals surface area contributed by atoms with Gasteiger partial charge in [0.05, 0.1) is 6.10 Å². The summed E-state index contributed by atoms with van der Waals surface area (Å²) in [7, 11) is 3.65. The van der Waals surface area contributed by atoms with E-state index in [-0.39, 0.29) is 11.4 Å². The summed E-state index contributed by atoms with van der Waals surface area (Å²) in [5.74, 6) is 1.51. The van der Waals surface area contributed by atoms with Gasteiger partial charge in [-0.15, -0.1) is 0 Å². The number of aliphatic hydroxyl groups is 1. The maximum Gasteiger partial charge on any atom is 0.231 e. The van der Waals surface area contributed by atoms with Gasteiger partial charge in [0.25, 0.3) is 0 Å². The van der Waals surface area contributed by atoms with Crippen molar-refractivity contribution in [2.45, 2.75) is 18.9 Å². The monoisotopic (exact) mass is 257 g/mol. The number of hydrogen-bond donors (Lipinski definition) is 2. The Morgan fingerprint density at radius 2 is 2.12 bits per heavy atom. The SMILES string of the molecule is CNc1nc(Cl)nc(N(C)CC2CC(O)C2)n1. The average molecular weight is 258 g/mol. The Morgan fingerprint density at radius 3 is 2.71 bits per heavy atom. The van der Waals surface area contributed by atoms with Gasteiger partial charge >= 0.3 is 0 Å². The number of anilines is 2. The minimum Gasteiger partial charge on any atom is -0.393 e. The van der Waals surface area contributed by atoms with Crippen molar-refractivity contribution in [2.24, 2.45) is 5.92 Å². The highest BCUT2D eigenvalue weighted by molar-refractivity contribution is 6.28. The first-order chi connectivity index (χ1) is 8.08. The summed E-state index contributed by atoms with van der Waals surface area (Å²) in [4.78, 5) is 14.2. The third kappa shape index (κ3) is 2.95. The van der Waals surface area contributed by atoms with E-state index in [9.17, 15) is 5.11 Å². The Hall–Kier alpha value is -1.14. The van der Waals surface area contributed by atoms with Crippen LogP contribution in [0.4, 0.5) is 11.9 Å². The Labute approximate surface area is 105 Å². The lowest BCUT2D eigenvalue weighted by molar-refractivity contribution is 0.0463. The fraction of sp³-hybridized carbons (Fsp3) is 0.700. The molecule has 0 amide bonds. The molecule has 17 heavy (non-hydrogen) atoms. The lowest BCUT2D eigenvalue weighted by Crippen LogP contribution is -2.37. The maximum absolute atomic E-state index is 9.24. The van der Waals surface area contributed by atoms with Crippen LogP contribution < -0.4 is 10.2 Å². The molecule has 0 radical (unpaired) electrons. The Kier molecular flexibility index (Phi) is 3.63. The molecule has 1 aliphatic rings. The molecule has 0 saturated heterocycles. The maximum atomic E-state index is 9.24. The van der Waals surface area contributed by atoms with Crippen molar-refractivity contribution in [1.82, 2.24) is 15.0 Å². The van der Waals surface area contributed by atoms with Gasteiger partial charge in [0, 0.05) is 20.6 Å². The highest BCUT2D eigenvalue weighted by atomic mass is 35.5. The van der Waals surface area contributed by atoms with E-state index in [1.54, 1.807) is 7.05 Å². The largest absolute Gasteiger partial charge is 0.393 e. The lowest BCUT2D eigenvalue weighted by Gasteiger charge is -2.34. The number of hydrogen-bond acceptors (Lipinski definition) is 6. The molecule has 6 nitrogen and oxygen atoms in total. The van der Waals surface area contributed by atoms with E-state index in [4.69, 9.17) is 11.6 Å². The number of aromatic nitrogens is 3. The van der Waals surface area contributed by atoms with Crippen molar-refractivity contribution >= 4 is 23.5 Å². The fourth-order valence-electron chi connectivity index (χ4n) is 1.94. The molecular formula is C10H16ClN5O. The molecule has 1 heterocycles. The van der Waals surface area contributed by atoms with Crippen LogP contribution in [0.25, 0.3) is 0 Å². The van der Waals surface area contributed by atoms with E-state index >= 15 is 0 Å². The summed E-state index contributed by atoms with van der Waals surface area (Å²) in [6, 6.07) is 0. The Morgan fingerprint density at radius 1 is 1.41 bits per heavy atom. The van der Waals surface area contributed by atoms with Crippen molar-refractivity contribution in [1.29, 1.82) is 0 Å². The van der Waals surface area contributed by atoms with E-state index < -0.39 is 0 Å². The van der Waals surface area contributed by atoms with Gasteiger partial charge in [0.15, 0.2) is 0 Å². The van der Waals surface area contributed by atoms with Crippen molar-refractivity contribution in [2.75, 3.05) is 30.9 Å². The fourth-order valence-corrected chi connectivity index (χ4v) is 2.10. The average Bonchev–Trinajstić information content (AvgIpc) is 2.26. The second-order valence-electron chi connectivity index (χ2n) is 4.35. The number of nitrogens with zero attached hydrogens (tertiary/aromatic N) is 4. The smallest absolute Gasteiger partial charge is 0.231 e. The summed E-state index contributed by atoms with van der Waals surface area (Å²) in [6.07, 6.45) is 1.56. The van der Waals surface area contributed by atoms with Gasteiger partial charge in [-0.2, -0.15) is 15.0 Å². The van der Waals surface area contributed by atoms with Crippen LogP contribution in [0.3, 0.4) is 0 Å². The molecule has 0 unspecified atom stereocenters. The Bertz CT molecular complexity index is 396. The number of aliphatic hydroxyl groups excluding tert-OH is 1. The van der Waals surface area contributed by atoms with E-state index in [1.807, 2.05) is 11.9 Å². The predicted molar refractivity (Wildman–Crippen MR) is 66.4 cm³/mol. The summed E-state index contributed by atoms with van der Waals surface area (Å²) in [6.45, 7) is 0.820. The molecule has 1 aliphatic carbocycles. The molecule has 1 aromatic heterocycles. The molecule has 2 rings (SSSR count). The molecule has 1 aromatic rings. The Balaban J connectivity index is 2.02. The first kappa shape index (κ1) is 12.3. The van der Waals surface area contributed by atoms with E-state index in [0.29, 0.717) is 17.8 Å². The third-order valence-corrected chi connectivity index (χ3v) is 3.07. The minimum absolute atomic E-state index is 0.136. The molecule has 1 fully saturated rings. The van der Waals surface area contributed by atoms with Crippen molar-refractivity contribution < 1.29 is 5.11 Å². The van der Waals surface area contributed by atoms with Crippen LogP contribution in [0.5, 0.6) is 0 Å². The first-order valence-electron chi connectivity index (χ1n) is 5.57. The highest BCUT2D eigenvalue weighted by Crippen LogP contribution is 2.28. The van der Waals surface area contributed by atoms with E-state index in [2.05, 4.69) is 20.3 Å². The van der Waals surface area contributed by atoms with Gasteiger partial charge < -0.3 is 15.3 Å². The summed E-state index contributed by atoms with van der Waals surface area (Å²) in [5.41, 5.74) is 0. The first-order valence-corrected chi connectivity index (χ1v) is 5.95. The zero-order valence-electron chi connectivity index (χ0n) is 9.89. The number of halogens is 1. The van der Waals surface area contributed by atoms with Gasteiger partial charge in [-0.25, -0.2) is 0 Å². The molecule has 7 heteroatoms. The molecule has 0 aliphatic heterocycles. The van der Waals surface area contributed by atoms with Gasteiger partial charge in [0.2, 0.25) is 17.2 Å². The van der Waals surface area contributed by atoms with Crippen LogP contribution in [-0.2, 0) is 0 Å². The molecular weight excluding hydrogens is 242 g/mol. The molecule has 0 bridgehead atoms. The molecule has 0 aromatic carbocycles. The predicted octanol–water partition coefficient (Wildman–Crippen LogP) is 0.774. The summed E-state index contributed by atoms with van der Waals surface area (Å²) < 4.78 is 0. The molecule has 2 N–H and O–H groups in total. The third-order valence-electron chi connectivity index (χ3n) is 2.90. The van der Waals surface area contributed by atoms with Crippen LogP contribution in [0.2, 0.25) is 5.28 Å². The second-order valence-corrected chi connectivity index (χ2v) is 4.69. The van der Waals surface area contributed by atoms with Gasteiger partial charge in [-0.3, -0.25) is 0 Å². The summed E-state index contributed by atoms with van der Waals surface area (Å²) >= 11 is 5.81. The molecule has 1 saturated carbocycles. The zero-order valence-corrected chi connectivity index (χ0v) is 10.6.